The topological polar surface area (TPSA) is 3.24 Å². The molecule has 0 saturated heterocycles. The maximum atomic E-state index is 3.82. The number of hydrogen-bond donors (Lipinski definition) is 0. The molecular weight excluding hydrogens is 170 g/mol. The molecular formula is C13H17N. The molecule has 1 heterocycles. The second-order valence-corrected chi connectivity index (χ2v) is 4.07. The van der Waals surface area contributed by atoms with Gasteiger partial charge in [-0.05, 0) is 31.0 Å². The summed E-state index contributed by atoms with van der Waals surface area (Å²) in [5, 5.41) is 0. The van der Waals surface area contributed by atoms with Crippen LogP contribution >= 0.6 is 0 Å². The molecule has 2 rings (SSSR count). The van der Waals surface area contributed by atoms with Crippen LogP contribution in [0, 0.1) is 0 Å². The summed E-state index contributed by atoms with van der Waals surface area (Å²) in [5.41, 5.74) is 2.99. The van der Waals surface area contributed by atoms with Crippen molar-refractivity contribution in [1.29, 1.82) is 0 Å². The monoisotopic (exact) mass is 187 g/mol. The molecule has 1 unspecified atom stereocenters. The van der Waals surface area contributed by atoms with Gasteiger partial charge in [-0.15, -0.1) is 6.58 Å². The molecule has 0 radical (unpaired) electrons. The van der Waals surface area contributed by atoms with Crippen molar-refractivity contribution in [2.24, 2.45) is 0 Å². The SMILES string of the molecule is C=CCC1Cc2ccccc2CN1C. The van der Waals surface area contributed by atoms with E-state index in [9.17, 15) is 0 Å². The van der Waals surface area contributed by atoms with Crippen LogP contribution in [0.3, 0.4) is 0 Å². The van der Waals surface area contributed by atoms with E-state index in [4.69, 9.17) is 0 Å². The summed E-state index contributed by atoms with van der Waals surface area (Å²) in [5.74, 6) is 0. The van der Waals surface area contributed by atoms with Gasteiger partial charge in [0.25, 0.3) is 0 Å². The summed E-state index contributed by atoms with van der Waals surface area (Å²) in [6, 6.07) is 9.38. The standard InChI is InChI=1S/C13H17N/c1-3-6-13-9-11-7-4-5-8-12(11)10-14(13)2/h3-5,7-8,13H,1,6,9-10H2,2H3. The lowest BCUT2D eigenvalue weighted by Gasteiger charge is -2.33. The predicted octanol–water partition coefficient (Wildman–Crippen LogP) is 2.62. The van der Waals surface area contributed by atoms with Crippen molar-refractivity contribution in [2.45, 2.75) is 25.4 Å². The molecule has 1 aliphatic heterocycles. The molecule has 1 atom stereocenters. The highest BCUT2D eigenvalue weighted by atomic mass is 15.1. The summed E-state index contributed by atoms with van der Waals surface area (Å²) in [4.78, 5) is 2.42. The fraction of sp³-hybridized carbons (Fsp3) is 0.385. The van der Waals surface area contributed by atoms with Crippen LogP contribution in [0.4, 0.5) is 0 Å². The first-order valence-corrected chi connectivity index (χ1v) is 5.19. The normalized spacial score (nSPS) is 21.6. The number of fused-ring (bicyclic) bond motifs is 1. The van der Waals surface area contributed by atoms with E-state index in [1.54, 1.807) is 0 Å². The van der Waals surface area contributed by atoms with Gasteiger partial charge in [-0.25, -0.2) is 0 Å². The molecule has 0 fully saturated rings. The molecule has 14 heavy (non-hydrogen) atoms. The first kappa shape index (κ1) is 9.47. The first-order chi connectivity index (χ1) is 6.81. The van der Waals surface area contributed by atoms with Gasteiger partial charge in [0, 0.05) is 12.6 Å². The molecule has 1 heteroatoms. The lowest BCUT2D eigenvalue weighted by atomic mass is 9.93. The Balaban J connectivity index is 2.22. The fourth-order valence-corrected chi connectivity index (χ4v) is 2.17. The predicted molar refractivity (Wildman–Crippen MR) is 60.2 cm³/mol. The number of benzene rings is 1. The van der Waals surface area contributed by atoms with Gasteiger partial charge in [-0.1, -0.05) is 30.3 Å². The van der Waals surface area contributed by atoms with Crippen LogP contribution in [0.2, 0.25) is 0 Å². The molecule has 1 aromatic rings. The number of rotatable bonds is 2. The third-order valence-corrected chi connectivity index (χ3v) is 3.06. The van der Waals surface area contributed by atoms with Crippen molar-refractivity contribution in [1.82, 2.24) is 4.90 Å². The van der Waals surface area contributed by atoms with Crippen molar-refractivity contribution >= 4 is 0 Å². The second kappa shape index (κ2) is 3.97. The van der Waals surface area contributed by atoms with Crippen molar-refractivity contribution in [3.05, 3.63) is 48.0 Å². The number of nitrogens with zero attached hydrogens (tertiary/aromatic N) is 1. The molecule has 0 bridgehead atoms. The van der Waals surface area contributed by atoms with Crippen LogP contribution in [-0.4, -0.2) is 18.0 Å². The highest BCUT2D eigenvalue weighted by Crippen LogP contribution is 2.23. The minimum Gasteiger partial charge on any atom is -0.299 e. The van der Waals surface area contributed by atoms with Gasteiger partial charge in [-0.3, -0.25) is 4.90 Å². The Hall–Kier alpha value is -1.08. The van der Waals surface area contributed by atoms with Crippen LogP contribution in [-0.2, 0) is 13.0 Å². The van der Waals surface area contributed by atoms with E-state index in [-0.39, 0.29) is 0 Å². The van der Waals surface area contributed by atoms with E-state index in [2.05, 4.69) is 42.8 Å². The largest absolute Gasteiger partial charge is 0.299 e. The summed E-state index contributed by atoms with van der Waals surface area (Å²) in [6.07, 6.45) is 4.28. The molecule has 0 amide bonds. The fourth-order valence-electron chi connectivity index (χ4n) is 2.17. The average Bonchev–Trinajstić information content (AvgIpc) is 2.19. The first-order valence-electron chi connectivity index (χ1n) is 5.19. The molecule has 0 saturated carbocycles. The quantitative estimate of drug-likeness (QED) is 0.643. The van der Waals surface area contributed by atoms with Crippen molar-refractivity contribution in [2.75, 3.05) is 7.05 Å². The van der Waals surface area contributed by atoms with Gasteiger partial charge >= 0.3 is 0 Å². The highest BCUT2D eigenvalue weighted by molar-refractivity contribution is 5.30. The molecule has 1 aliphatic rings. The highest BCUT2D eigenvalue weighted by Gasteiger charge is 2.21. The summed E-state index contributed by atoms with van der Waals surface area (Å²) in [7, 11) is 2.20. The second-order valence-electron chi connectivity index (χ2n) is 4.07. The van der Waals surface area contributed by atoms with Crippen LogP contribution in [0.25, 0.3) is 0 Å². The van der Waals surface area contributed by atoms with Gasteiger partial charge < -0.3 is 0 Å². The molecule has 0 aromatic heterocycles. The summed E-state index contributed by atoms with van der Waals surface area (Å²) in [6.45, 7) is 4.90. The van der Waals surface area contributed by atoms with Gasteiger partial charge in [0.2, 0.25) is 0 Å². The zero-order chi connectivity index (χ0) is 9.97. The minimum atomic E-state index is 0.641. The smallest absolute Gasteiger partial charge is 0.0236 e. The third kappa shape index (κ3) is 1.73. The van der Waals surface area contributed by atoms with E-state index in [1.807, 2.05) is 6.08 Å². The van der Waals surface area contributed by atoms with Gasteiger partial charge in [0.1, 0.15) is 0 Å². The maximum absolute atomic E-state index is 3.82. The van der Waals surface area contributed by atoms with E-state index >= 15 is 0 Å². The van der Waals surface area contributed by atoms with Gasteiger partial charge in [0.05, 0.1) is 0 Å². The van der Waals surface area contributed by atoms with Gasteiger partial charge in [0.15, 0.2) is 0 Å². The van der Waals surface area contributed by atoms with Crippen molar-refractivity contribution in [3.63, 3.8) is 0 Å². The lowest BCUT2D eigenvalue weighted by molar-refractivity contribution is 0.216. The lowest BCUT2D eigenvalue weighted by Crippen LogP contribution is -2.36. The van der Waals surface area contributed by atoms with Crippen LogP contribution < -0.4 is 0 Å². The van der Waals surface area contributed by atoms with E-state index in [0.29, 0.717) is 6.04 Å². The van der Waals surface area contributed by atoms with E-state index in [1.165, 1.54) is 17.5 Å². The van der Waals surface area contributed by atoms with Crippen LogP contribution in [0.5, 0.6) is 0 Å². The van der Waals surface area contributed by atoms with Crippen molar-refractivity contribution in [3.8, 4) is 0 Å². The Labute approximate surface area is 86.1 Å². The van der Waals surface area contributed by atoms with Crippen LogP contribution in [0.1, 0.15) is 17.5 Å². The average molecular weight is 187 g/mol. The molecule has 0 aliphatic carbocycles. The summed E-state index contributed by atoms with van der Waals surface area (Å²) >= 11 is 0. The zero-order valence-electron chi connectivity index (χ0n) is 8.74. The van der Waals surface area contributed by atoms with Crippen LogP contribution in [0.15, 0.2) is 36.9 Å². The summed E-state index contributed by atoms with van der Waals surface area (Å²) < 4.78 is 0. The Morgan fingerprint density at radius 3 is 2.86 bits per heavy atom. The Morgan fingerprint density at radius 1 is 1.43 bits per heavy atom. The third-order valence-electron chi connectivity index (χ3n) is 3.06. The van der Waals surface area contributed by atoms with E-state index in [0.717, 1.165) is 13.0 Å². The molecule has 74 valence electrons. The number of hydrogen-bond acceptors (Lipinski definition) is 1. The van der Waals surface area contributed by atoms with Crippen molar-refractivity contribution < 1.29 is 0 Å². The molecule has 1 aromatic carbocycles. The molecule has 1 nitrogen and oxygen atoms in total. The molecule has 0 N–H and O–H groups in total. The Bertz CT molecular complexity index is 330. The zero-order valence-corrected chi connectivity index (χ0v) is 8.74. The van der Waals surface area contributed by atoms with E-state index < -0.39 is 0 Å². The van der Waals surface area contributed by atoms with Gasteiger partial charge in [-0.2, -0.15) is 0 Å². The molecule has 0 spiro atoms. The number of likely N-dealkylation sites (N-methyl/N-ethyl adjacent to an activating group) is 1. The Kier molecular flexibility index (Phi) is 2.69. The Morgan fingerprint density at radius 2 is 2.14 bits per heavy atom. The maximum Gasteiger partial charge on any atom is 0.0236 e. The minimum absolute atomic E-state index is 0.641.